The third kappa shape index (κ3) is 2.61. The lowest BCUT2D eigenvalue weighted by Gasteiger charge is -2.18. The van der Waals surface area contributed by atoms with E-state index in [1.54, 1.807) is 11.0 Å². The van der Waals surface area contributed by atoms with Gasteiger partial charge in [0.25, 0.3) is 17.7 Å². The maximum Gasteiger partial charge on any atom is 0.253 e. The first-order valence-electron chi connectivity index (χ1n) is 6.84. The van der Waals surface area contributed by atoms with Crippen LogP contribution in [0.15, 0.2) is 60.8 Å². The van der Waals surface area contributed by atoms with Crippen molar-refractivity contribution < 1.29 is 14.4 Å². The predicted molar refractivity (Wildman–Crippen MR) is 80.0 cm³/mol. The molecule has 5 heteroatoms. The van der Waals surface area contributed by atoms with Crippen LogP contribution >= 0.6 is 0 Å². The monoisotopic (exact) mass is 294 g/mol. The molecule has 5 nitrogen and oxygen atoms in total. The molecular weight excluding hydrogens is 280 g/mol. The molecule has 3 rings (SSSR count). The van der Waals surface area contributed by atoms with Crippen LogP contribution in [0.5, 0.6) is 0 Å². The Kier molecular flexibility index (Phi) is 3.47. The summed E-state index contributed by atoms with van der Waals surface area (Å²) in [5.74, 6) is -0.661. The third-order valence-electron chi connectivity index (χ3n) is 3.64. The Labute approximate surface area is 127 Å². The largest absolute Gasteiger partial charge is 0.305 e. The standard InChI is InChI=1S/C17H14N2O3/c1-12-2-7-15(20)18(12)10-13-3-5-14(6-4-13)11-19-16(21)8-9-17(19)22/h2-9H,1,10-11H2. The van der Waals surface area contributed by atoms with Gasteiger partial charge in [0, 0.05) is 23.9 Å². The van der Waals surface area contributed by atoms with E-state index in [4.69, 9.17) is 0 Å². The number of hydrogen-bond acceptors (Lipinski definition) is 3. The first-order valence-corrected chi connectivity index (χ1v) is 6.84. The van der Waals surface area contributed by atoms with E-state index >= 15 is 0 Å². The fourth-order valence-electron chi connectivity index (χ4n) is 2.37. The van der Waals surface area contributed by atoms with Gasteiger partial charge in [-0.05, 0) is 17.2 Å². The lowest BCUT2D eigenvalue weighted by Crippen LogP contribution is -2.29. The van der Waals surface area contributed by atoms with Gasteiger partial charge < -0.3 is 4.90 Å². The molecule has 0 unspecified atom stereocenters. The number of carbonyl (C=O) groups excluding carboxylic acids is 3. The second-order valence-electron chi connectivity index (χ2n) is 5.16. The van der Waals surface area contributed by atoms with Gasteiger partial charge in [-0.15, -0.1) is 0 Å². The average Bonchev–Trinajstić information content (AvgIpc) is 2.99. The van der Waals surface area contributed by atoms with Crippen LogP contribution in [0.3, 0.4) is 0 Å². The predicted octanol–water partition coefficient (Wildman–Crippen LogP) is 1.52. The van der Waals surface area contributed by atoms with Gasteiger partial charge in [-0.2, -0.15) is 0 Å². The van der Waals surface area contributed by atoms with Gasteiger partial charge in [-0.1, -0.05) is 30.8 Å². The van der Waals surface area contributed by atoms with E-state index in [2.05, 4.69) is 6.58 Å². The number of hydrogen-bond donors (Lipinski definition) is 0. The van der Waals surface area contributed by atoms with Crippen molar-refractivity contribution in [2.45, 2.75) is 13.1 Å². The van der Waals surface area contributed by atoms with Crippen molar-refractivity contribution in [3.63, 3.8) is 0 Å². The van der Waals surface area contributed by atoms with Gasteiger partial charge >= 0.3 is 0 Å². The maximum absolute atomic E-state index is 11.6. The summed E-state index contributed by atoms with van der Waals surface area (Å²) in [6, 6.07) is 7.47. The smallest absolute Gasteiger partial charge is 0.253 e. The van der Waals surface area contributed by atoms with E-state index in [-0.39, 0.29) is 24.3 Å². The zero-order valence-corrected chi connectivity index (χ0v) is 11.9. The van der Waals surface area contributed by atoms with Crippen LogP contribution in [-0.4, -0.2) is 27.5 Å². The van der Waals surface area contributed by atoms with Gasteiger partial charge in [0.15, 0.2) is 0 Å². The quantitative estimate of drug-likeness (QED) is 0.791. The number of benzene rings is 1. The molecule has 0 saturated carbocycles. The molecule has 0 atom stereocenters. The van der Waals surface area contributed by atoms with Crippen molar-refractivity contribution in [3.05, 3.63) is 72.0 Å². The van der Waals surface area contributed by atoms with Crippen LogP contribution < -0.4 is 0 Å². The molecular formula is C17H14N2O3. The number of imide groups is 1. The molecule has 1 aromatic rings. The molecule has 0 fully saturated rings. The number of allylic oxidation sites excluding steroid dienone is 1. The molecule has 2 heterocycles. The molecule has 0 saturated heterocycles. The lowest BCUT2D eigenvalue weighted by molar-refractivity contribution is -0.137. The summed E-state index contributed by atoms with van der Waals surface area (Å²) in [7, 11) is 0. The topological polar surface area (TPSA) is 57.7 Å². The lowest BCUT2D eigenvalue weighted by atomic mass is 10.1. The second kappa shape index (κ2) is 5.44. The minimum atomic E-state index is -0.292. The number of amides is 3. The normalized spacial score (nSPS) is 17.3. The van der Waals surface area contributed by atoms with E-state index in [1.165, 1.54) is 23.1 Å². The van der Waals surface area contributed by atoms with Gasteiger partial charge in [-0.3, -0.25) is 19.3 Å². The second-order valence-corrected chi connectivity index (χ2v) is 5.16. The molecule has 3 amide bonds. The molecule has 0 radical (unpaired) electrons. The number of nitrogens with zero attached hydrogens (tertiary/aromatic N) is 2. The van der Waals surface area contributed by atoms with Crippen molar-refractivity contribution in [1.29, 1.82) is 0 Å². The van der Waals surface area contributed by atoms with Crippen molar-refractivity contribution in [3.8, 4) is 0 Å². The summed E-state index contributed by atoms with van der Waals surface area (Å²) in [6.45, 7) is 4.52. The number of rotatable bonds is 4. The summed E-state index contributed by atoms with van der Waals surface area (Å²) < 4.78 is 0. The highest BCUT2D eigenvalue weighted by molar-refractivity contribution is 6.12. The fourth-order valence-corrected chi connectivity index (χ4v) is 2.37. The molecule has 1 aromatic carbocycles. The Bertz CT molecular complexity index is 630. The van der Waals surface area contributed by atoms with Crippen molar-refractivity contribution in [2.24, 2.45) is 0 Å². The van der Waals surface area contributed by atoms with Crippen LogP contribution in [0.2, 0.25) is 0 Å². The van der Waals surface area contributed by atoms with Crippen LogP contribution in [-0.2, 0) is 27.5 Å². The Morgan fingerprint density at radius 1 is 0.682 bits per heavy atom. The molecule has 0 spiro atoms. The maximum atomic E-state index is 11.6. The van der Waals surface area contributed by atoms with E-state index in [0.29, 0.717) is 12.2 Å². The summed E-state index contributed by atoms with van der Waals surface area (Å²) in [5.41, 5.74) is 2.49. The van der Waals surface area contributed by atoms with Crippen LogP contribution in [0.25, 0.3) is 0 Å². The minimum absolute atomic E-state index is 0.0755. The molecule has 2 aliphatic heterocycles. The SMILES string of the molecule is C=C1C=CC(=O)N1Cc1ccc(CN2C(=O)C=CC2=O)cc1. The van der Waals surface area contributed by atoms with E-state index in [0.717, 1.165) is 11.1 Å². The minimum Gasteiger partial charge on any atom is -0.305 e. The molecule has 0 N–H and O–H groups in total. The molecule has 0 aliphatic carbocycles. The van der Waals surface area contributed by atoms with Crippen LogP contribution in [0.4, 0.5) is 0 Å². The van der Waals surface area contributed by atoms with Gasteiger partial charge in [0.2, 0.25) is 0 Å². The Morgan fingerprint density at radius 2 is 1.09 bits per heavy atom. The third-order valence-corrected chi connectivity index (χ3v) is 3.64. The van der Waals surface area contributed by atoms with Gasteiger partial charge in [-0.25, -0.2) is 0 Å². The van der Waals surface area contributed by atoms with Gasteiger partial charge in [0.1, 0.15) is 0 Å². The number of carbonyl (C=O) groups is 3. The first kappa shape index (κ1) is 14.0. The highest BCUT2D eigenvalue weighted by atomic mass is 16.2. The molecule has 110 valence electrons. The summed E-state index contributed by atoms with van der Waals surface area (Å²) in [6.07, 6.45) is 5.73. The molecule has 22 heavy (non-hydrogen) atoms. The van der Waals surface area contributed by atoms with E-state index in [1.807, 2.05) is 24.3 Å². The Balaban J connectivity index is 1.66. The summed E-state index contributed by atoms with van der Waals surface area (Å²) in [5, 5.41) is 0. The molecule has 0 aromatic heterocycles. The van der Waals surface area contributed by atoms with E-state index < -0.39 is 0 Å². The zero-order valence-electron chi connectivity index (χ0n) is 11.9. The average molecular weight is 294 g/mol. The zero-order chi connectivity index (χ0) is 15.7. The van der Waals surface area contributed by atoms with E-state index in [9.17, 15) is 14.4 Å². The first-order chi connectivity index (χ1) is 10.5. The fraction of sp³-hybridized carbons (Fsp3) is 0.118. The Hall–Kier alpha value is -2.95. The van der Waals surface area contributed by atoms with Crippen molar-refractivity contribution in [1.82, 2.24) is 9.80 Å². The van der Waals surface area contributed by atoms with Crippen LogP contribution in [0.1, 0.15) is 11.1 Å². The molecule has 0 bridgehead atoms. The summed E-state index contributed by atoms with van der Waals surface area (Å²) in [4.78, 5) is 37.5. The van der Waals surface area contributed by atoms with Crippen molar-refractivity contribution in [2.75, 3.05) is 0 Å². The Morgan fingerprint density at radius 3 is 1.55 bits per heavy atom. The highest BCUT2D eigenvalue weighted by Gasteiger charge is 2.23. The van der Waals surface area contributed by atoms with Gasteiger partial charge in [0.05, 0.1) is 13.1 Å². The highest BCUT2D eigenvalue weighted by Crippen LogP contribution is 2.18. The van der Waals surface area contributed by atoms with Crippen LogP contribution in [0, 0.1) is 0 Å². The summed E-state index contributed by atoms with van der Waals surface area (Å²) >= 11 is 0. The molecule has 2 aliphatic rings. The van der Waals surface area contributed by atoms with Crippen molar-refractivity contribution >= 4 is 17.7 Å².